The van der Waals surface area contributed by atoms with E-state index in [1.54, 1.807) is 0 Å². The highest BCUT2D eigenvalue weighted by molar-refractivity contribution is 7.86. The molecule has 0 bridgehead atoms. The number of aliphatic hydroxyl groups is 1. The van der Waals surface area contributed by atoms with Crippen LogP contribution in [0.1, 0.15) is 6.92 Å². The van der Waals surface area contributed by atoms with E-state index < -0.39 is 16.3 Å². The Morgan fingerprint density at radius 2 is 2.21 bits per heavy atom. The van der Waals surface area contributed by atoms with E-state index in [4.69, 9.17) is 9.66 Å². The first kappa shape index (κ1) is 11.0. The molecule has 0 saturated heterocycles. The van der Waals surface area contributed by atoms with Gasteiger partial charge in [0.05, 0.1) is 5.69 Å². The Hall–Kier alpha value is -1.11. The van der Waals surface area contributed by atoms with Crippen LogP contribution >= 0.6 is 0 Å². The Labute approximate surface area is 82.1 Å². The van der Waals surface area contributed by atoms with E-state index in [9.17, 15) is 8.42 Å². The molecule has 0 amide bonds. The molecule has 1 aromatic carbocycles. The van der Waals surface area contributed by atoms with Crippen LogP contribution in [0.2, 0.25) is 0 Å². The third kappa shape index (κ3) is 2.69. The zero-order chi connectivity index (χ0) is 10.8. The number of anilines is 1. The number of benzene rings is 1. The fraction of sp³-hybridized carbons (Fsp3) is 0.250. The van der Waals surface area contributed by atoms with Crippen molar-refractivity contribution in [3.05, 3.63) is 24.3 Å². The summed E-state index contributed by atoms with van der Waals surface area (Å²) >= 11 is 0. The van der Waals surface area contributed by atoms with Crippen LogP contribution in [0.5, 0.6) is 0 Å². The maximum absolute atomic E-state index is 10.8. The van der Waals surface area contributed by atoms with Crippen LogP contribution in [0.4, 0.5) is 5.69 Å². The summed E-state index contributed by atoms with van der Waals surface area (Å²) in [7, 11) is -4.28. The Balaban J connectivity index is 3.17. The monoisotopic (exact) mass is 216 g/mol. The summed E-state index contributed by atoms with van der Waals surface area (Å²) in [5.74, 6) is 0. The number of rotatable bonds is 3. The fourth-order valence-corrected chi connectivity index (χ4v) is 1.59. The third-order valence-electron chi connectivity index (χ3n) is 1.47. The van der Waals surface area contributed by atoms with Gasteiger partial charge in [-0.3, -0.25) is 4.55 Å². The minimum Gasteiger partial charge on any atom is -0.374 e. The predicted molar refractivity (Wildman–Crippen MR) is 50.4 cm³/mol. The standard InChI is InChI=1S/C8H10NO4S/c1-6(10)9-7-4-2-3-5-8(7)14(11,12)13/h2,4-6,9-10H,1H3,(H,11,12,13). The van der Waals surface area contributed by atoms with Crippen molar-refractivity contribution in [1.29, 1.82) is 0 Å². The quantitative estimate of drug-likeness (QED) is 0.505. The minimum atomic E-state index is -4.28. The van der Waals surface area contributed by atoms with Crippen LogP contribution in [-0.4, -0.2) is 24.3 Å². The van der Waals surface area contributed by atoms with E-state index in [2.05, 4.69) is 11.4 Å². The fourth-order valence-electron chi connectivity index (χ4n) is 0.973. The molecule has 0 aliphatic carbocycles. The van der Waals surface area contributed by atoms with E-state index >= 15 is 0 Å². The van der Waals surface area contributed by atoms with Gasteiger partial charge in [-0.25, -0.2) is 0 Å². The zero-order valence-electron chi connectivity index (χ0n) is 7.43. The average Bonchev–Trinajstić information content (AvgIpc) is 2.01. The summed E-state index contributed by atoms with van der Waals surface area (Å²) in [5.41, 5.74) is 0.140. The van der Waals surface area contributed by atoms with Gasteiger partial charge < -0.3 is 10.4 Å². The maximum Gasteiger partial charge on any atom is 0.296 e. The van der Waals surface area contributed by atoms with Gasteiger partial charge in [-0.15, -0.1) is 0 Å². The molecule has 0 saturated carbocycles. The van der Waals surface area contributed by atoms with Gasteiger partial charge in [-0.2, -0.15) is 8.42 Å². The van der Waals surface area contributed by atoms with E-state index in [-0.39, 0.29) is 10.6 Å². The van der Waals surface area contributed by atoms with Gasteiger partial charge in [0.1, 0.15) is 11.1 Å². The largest absolute Gasteiger partial charge is 0.374 e. The summed E-state index contributed by atoms with van der Waals surface area (Å²) in [6, 6.07) is 6.52. The van der Waals surface area contributed by atoms with E-state index in [0.717, 1.165) is 6.07 Å². The van der Waals surface area contributed by atoms with Gasteiger partial charge in [-0.05, 0) is 25.1 Å². The normalized spacial score (nSPS) is 13.6. The van der Waals surface area contributed by atoms with Gasteiger partial charge in [0.2, 0.25) is 0 Å². The second-order valence-electron chi connectivity index (χ2n) is 2.72. The molecule has 0 fully saturated rings. The van der Waals surface area contributed by atoms with Crippen molar-refractivity contribution in [2.24, 2.45) is 0 Å². The van der Waals surface area contributed by atoms with Gasteiger partial charge in [0, 0.05) is 0 Å². The smallest absolute Gasteiger partial charge is 0.296 e. The summed E-state index contributed by atoms with van der Waals surface area (Å²) in [5, 5.41) is 11.5. The van der Waals surface area contributed by atoms with Gasteiger partial charge in [0.25, 0.3) is 10.1 Å². The van der Waals surface area contributed by atoms with E-state index in [1.165, 1.54) is 19.1 Å². The molecule has 0 spiro atoms. The molecule has 5 nitrogen and oxygen atoms in total. The van der Waals surface area contributed by atoms with Crippen LogP contribution in [0.15, 0.2) is 23.1 Å². The highest BCUT2D eigenvalue weighted by Gasteiger charge is 2.14. The Morgan fingerprint density at radius 1 is 1.57 bits per heavy atom. The molecular formula is C8H10NO4S. The summed E-state index contributed by atoms with van der Waals surface area (Å²) in [4.78, 5) is -0.305. The van der Waals surface area contributed by atoms with Crippen molar-refractivity contribution in [2.45, 2.75) is 18.0 Å². The first-order valence-corrected chi connectivity index (χ1v) is 5.27. The second-order valence-corrected chi connectivity index (χ2v) is 4.11. The van der Waals surface area contributed by atoms with E-state index in [0.29, 0.717) is 0 Å². The van der Waals surface area contributed by atoms with Crippen LogP contribution in [0.25, 0.3) is 0 Å². The molecule has 1 aromatic rings. The first-order valence-electron chi connectivity index (χ1n) is 3.83. The molecule has 0 heterocycles. The van der Waals surface area contributed by atoms with Gasteiger partial charge in [0.15, 0.2) is 0 Å². The number of nitrogens with one attached hydrogen (secondary N) is 1. The molecule has 0 aliphatic rings. The lowest BCUT2D eigenvalue weighted by Crippen LogP contribution is -2.15. The number of hydrogen-bond acceptors (Lipinski definition) is 4. The van der Waals surface area contributed by atoms with Crippen molar-refractivity contribution in [3.63, 3.8) is 0 Å². The van der Waals surface area contributed by atoms with Crippen LogP contribution < -0.4 is 5.32 Å². The summed E-state index contributed by atoms with van der Waals surface area (Å²) < 4.78 is 30.5. The van der Waals surface area contributed by atoms with Gasteiger partial charge >= 0.3 is 0 Å². The van der Waals surface area contributed by atoms with Gasteiger partial charge in [-0.1, -0.05) is 6.07 Å². The lowest BCUT2D eigenvalue weighted by molar-refractivity contribution is 0.224. The van der Waals surface area contributed by atoms with Crippen molar-refractivity contribution >= 4 is 15.8 Å². The van der Waals surface area contributed by atoms with Crippen molar-refractivity contribution < 1.29 is 18.1 Å². The molecule has 1 rings (SSSR count). The Bertz CT molecular complexity index is 413. The SMILES string of the molecule is CC(O)Nc1cc[c]cc1S(=O)(=O)O. The maximum atomic E-state index is 10.8. The second kappa shape index (κ2) is 3.95. The van der Waals surface area contributed by atoms with Crippen molar-refractivity contribution in [2.75, 3.05) is 5.32 Å². The minimum absolute atomic E-state index is 0.140. The van der Waals surface area contributed by atoms with E-state index in [1.807, 2.05) is 0 Å². The number of aliphatic hydroxyl groups excluding tert-OH is 1. The average molecular weight is 216 g/mol. The zero-order valence-corrected chi connectivity index (χ0v) is 8.25. The number of hydrogen-bond donors (Lipinski definition) is 3. The third-order valence-corrected chi connectivity index (χ3v) is 2.36. The first-order chi connectivity index (χ1) is 6.41. The molecule has 77 valence electrons. The summed E-state index contributed by atoms with van der Waals surface area (Å²) in [6.07, 6.45) is -0.905. The van der Waals surface area contributed by atoms with Crippen LogP contribution in [0.3, 0.4) is 0 Å². The molecular weight excluding hydrogens is 206 g/mol. The molecule has 0 aromatic heterocycles. The molecule has 0 aliphatic heterocycles. The topological polar surface area (TPSA) is 86.6 Å². The lowest BCUT2D eigenvalue weighted by atomic mass is 10.3. The molecule has 6 heteroatoms. The molecule has 3 N–H and O–H groups in total. The molecule has 1 radical (unpaired) electrons. The highest BCUT2D eigenvalue weighted by Crippen LogP contribution is 2.20. The van der Waals surface area contributed by atoms with Crippen LogP contribution in [-0.2, 0) is 10.1 Å². The van der Waals surface area contributed by atoms with Crippen LogP contribution in [0, 0.1) is 6.07 Å². The molecule has 1 atom stereocenters. The predicted octanol–water partition coefficient (Wildman–Crippen LogP) is 0.484. The summed E-state index contributed by atoms with van der Waals surface area (Å²) in [6.45, 7) is 1.44. The Kier molecular flexibility index (Phi) is 3.10. The molecule has 1 unspecified atom stereocenters. The lowest BCUT2D eigenvalue weighted by Gasteiger charge is -2.11. The van der Waals surface area contributed by atoms with Crippen molar-refractivity contribution in [1.82, 2.24) is 0 Å². The Morgan fingerprint density at radius 3 is 2.71 bits per heavy atom. The highest BCUT2D eigenvalue weighted by atomic mass is 32.2. The van der Waals surface area contributed by atoms with Crippen molar-refractivity contribution in [3.8, 4) is 0 Å². The molecule has 14 heavy (non-hydrogen) atoms.